The van der Waals surface area contributed by atoms with Crippen molar-refractivity contribution < 1.29 is 14.6 Å². The number of benzene rings is 2. The standard InChI is InChI=1S/C18H19NO3/c20-14-18(21,15-4-2-1-3-5-15)16-6-8-17(9-7-16)19-10-12-22-13-11-19/h1-9,14,21H,10-13H2. The summed E-state index contributed by atoms with van der Waals surface area (Å²) in [6.45, 7) is 3.17. The van der Waals surface area contributed by atoms with Crippen molar-refractivity contribution in [2.45, 2.75) is 5.60 Å². The summed E-state index contributed by atoms with van der Waals surface area (Å²) in [5, 5.41) is 10.8. The van der Waals surface area contributed by atoms with Crippen molar-refractivity contribution in [2.24, 2.45) is 0 Å². The molecular formula is C18H19NO3. The number of rotatable bonds is 4. The Balaban J connectivity index is 1.89. The molecule has 0 aromatic heterocycles. The molecule has 2 aromatic carbocycles. The van der Waals surface area contributed by atoms with Crippen LogP contribution in [0.25, 0.3) is 0 Å². The lowest BCUT2D eigenvalue weighted by Crippen LogP contribution is -2.36. The minimum Gasteiger partial charge on any atom is -0.378 e. The van der Waals surface area contributed by atoms with E-state index in [-0.39, 0.29) is 0 Å². The van der Waals surface area contributed by atoms with Crippen molar-refractivity contribution in [1.82, 2.24) is 0 Å². The highest BCUT2D eigenvalue weighted by molar-refractivity contribution is 5.72. The highest BCUT2D eigenvalue weighted by atomic mass is 16.5. The monoisotopic (exact) mass is 297 g/mol. The molecule has 4 heteroatoms. The van der Waals surface area contributed by atoms with E-state index in [1.807, 2.05) is 42.5 Å². The Morgan fingerprint density at radius 2 is 1.55 bits per heavy atom. The Bertz CT molecular complexity index is 621. The zero-order chi connectivity index (χ0) is 15.4. The van der Waals surface area contributed by atoms with Crippen molar-refractivity contribution in [3.8, 4) is 0 Å². The predicted molar refractivity (Wildman–Crippen MR) is 85.0 cm³/mol. The Hall–Kier alpha value is -2.17. The first-order valence-electron chi connectivity index (χ1n) is 7.41. The number of hydrogen-bond donors (Lipinski definition) is 1. The maximum absolute atomic E-state index is 11.5. The zero-order valence-corrected chi connectivity index (χ0v) is 12.3. The largest absolute Gasteiger partial charge is 0.378 e. The van der Waals surface area contributed by atoms with Crippen molar-refractivity contribution in [2.75, 3.05) is 31.2 Å². The molecule has 2 aromatic rings. The Morgan fingerprint density at radius 3 is 2.14 bits per heavy atom. The first-order chi connectivity index (χ1) is 10.7. The molecule has 0 radical (unpaired) electrons. The van der Waals surface area contributed by atoms with Crippen LogP contribution in [0.4, 0.5) is 5.69 Å². The van der Waals surface area contributed by atoms with E-state index in [0.29, 0.717) is 17.4 Å². The van der Waals surface area contributed by atoms with E-state index in [2.05, 4.69) is 4.90 Å². The molecule has 1 atom stereocenters. The molecule has 1 aliphatic rings. The normalized spacial score (nSPS) is 17.8. The van der Waals surface area contributed by atoms with Gasteiger partial charge in [-0.15, -0.1) is 0 Å². The second kappa shape index (κ2) is 6.30. The molecule has 3 rings (SSSR count). The van der Waals surface area contributed by atoms with E-state index in [9.17, 15) is 9.90 Å². The highest BCUT2D eigenvalue weighted by Crippen LogP contribution is 2.29. The molecule has 1 unspecified atom stereocenters. The topological polar surface area (TPSA) is 49.8 Å². The fourth-order valence-electron chi connectivity index (χ4n) is 2.74. The molecule has 1 heterocycles. The van der Waals surface area contributed by atoms with Crippen LogP contribution in [0.15, 0.2) is 54.6 Å². The first-order valence-corrected chi connectivity index (χ1v) is 7.41. The van der Waals surface area contributed by atoms with Crippen LogP contribution in [0.2, 0.25) is 0 Å². The van der Waals surface area contributed by atoms with Crippen molar-refractivity contribution in [3.63, 3.8) is 0 Å². The van der Waals surface area contributed by atoms with E-state index in [0.717, 1.165) is 32.0 Å². The minimum atomic E-state index is -1.61. The summed E-state index contributed by atoms with van der Waals surface area (Å²) >= 11 is 0. The average Bonchev–Trinajstić information content (AvgIpc) is 2.63. The summed E-state index contributed by atoms with van der Waals surface area (Å²) in [5.74, 6) is 0. The number of ether oxygens (including phenoxy) is 1. The lowest BCUT2D eigenvalue weighted by Gasteiger charge is -2.29. The number of morpholine rings is 1. The summed E-state index contributed by atoms with van der Waals surface area (Å²) < 4.78 is 5.35. The van der Waals surface area contributed by atoms with Gasteiger partial charge in [0.1, 0.15) is 0 Å². The third-order valence-corrected chi connectivity index (χ3v) is 4.07. The lowest BCUT2D eigenvalue weighted by atomic mass is 9.87. The molecule has 0 spiro atoms. The van der Waals surface area contributed by atoms with Crippen molar-refractivity contribution in [1.29, 1.82) is 0 Å². The molecule has 0 saturated carbocycles. The van der Waals surface area contributed by atoms with E-state index in [1.54, 1.807) is 12.1 Å². The van der Waals surface area contributed by atoms with E-state index in [4.69, 9.17) is 4.74 Å². The Kier molecular flexibility index (Phi) is 4.22. The molecule has 4 nitrogen and oxygen atoms in total. The molecule has 114 valence electrons. The summed E-state index contributed by atoms with van der Waals surface area (Å²) in [6.07, 6.45) is 0.589. The Labute approximate surface area is 130 Å². The summed E-state index contributed by atoms with van der Waals surface area (Å²) in [6, 6.07) is 16.5. The fraction of sp³-hybridized carbons (Fsp3) is 0.278. The SMILES string of the molecule is O=CC(O)(c1ccccc1)c1ccc(N2CCOCC2)cc1. The minimum absolute atomic E-state index is 0.573. The number of aldehydes is 1. The van der Waals surface area contributed by atoms with Crippen molar-refractivity contribution >= 4 is 12.0 Å². The molecule has 1 saturated heterocycles. The van der Waals surface area contributed by atoms with Crippen LogP contribution in [0, 0.1) is 0 Å². The van der Waals surface area contributed by atoms with Gasteiger partial charge in [-0.05, 0) is 23.3 Å². The maximum atomic E-state index is 11.5. The van der Waals surface area contributed by atoms with Crippen LogP contribution in [0.3, 0.4) is 0 Å². The van der Waals surface area contributed by atoms with Gasteiger partial charge in [0.15, 0.2) is 11.9 Å². The number of hydrogen-bond acceptors (Lipinski definition) is 4. The maximum Gasteiger partial charge on any atom is 0.170 e. The van der Waals surface area contributed by atoms with Crippen LogP contribution in [0.1, 0.15) is 11.1 Å². The Morgan fingerprint density at radius 1 is 0.955 bits per heavy atom. The number of carbonyl (C=O) groups is 1. The molecule has 22 heavy (non-hydrogen) atoms. The average molecular weight is 297 g/mol. The van der Waals surface area contributed by atoms with Crippen molar-refractivity contribution in [3.05, 3.63) is 65.7 Å². The van der Waals surface area contributed by atoms with Gasteiger partial charge in [-0.3, -0.25) is 4.79 Å². The van der Waals surface area contributed by atoms with Gasteiger partial charge in [-0.2, -0.15) is 0 Å². The van der Waals surface area contributed by atoms with Gasteiger partial charge in [0, 0.05) is 18.8 Å². The number of anilines is 1. The molecule has 0 amide bonds. The van der Waals surface area contributed by atoms with Gasteiger partial charge in [-0.25, -0.2) is 0 Å². The third kappa shape index (κ3) is 2.75. The zero-order valence-electron chi connectivity index (χ0n) is 12.3. The number of carbonyl (C=O) groups excluding carboxylic acids is 1. The van der Waals surface area contributed by atoms with E-state index < -0.39 is 5.60 Å². The molecule has 1 aliphatic heterocycles. The summed E-state index contributed by atoms with van der Waals surface area (Å²) in [7, 11) is 0. The second-order valence-corrected chi connectivity index (χ2v) is 5.40. The van der Waals surface area contributed by atoms with Gasteiger partial charge in [0.2, 0.25) is 0 Å². The summed E-state index contributed by atoms with van der Waals surface area (Å²) in [4.78, 5) is 13.8. The van der Waals surface area contributed by atoms with Gasteiger partial charge >= 0.3 is 0 Å². The smallest absolute Gasteiger partial charge is 0.170 e. The third-order valence-electron chi connectivity index (χ3n) is 4.07. The van der Waals surface area contributed by atoms with Crippen LogP contribution in [-0.4, -0.2) is 37.7 Å². The highest BCUT2D eigenvalue weighted by Gasteiger charge is 2.31. The van der Waals surface area contributed by atoms with E-state index >= 15 is 0 Å². The quantitative estimate of drug-likeness (QED) is 0.877. The predicted octanol–water partition coefficient (Wildman–Crippen LogP) is 1.96. The summed E-state index contributed by atoms with van der Waals surface area (Å²) in [5.41, 5.74) is 0.619. The van der Waals surface area contributed by atoms with Crippen LogP contribution >= 0.6 is 0 Å². The van der Waals surface area contributed by atoms with Crippen LogP contribution in [0.5, 0.6) is 0 Å². The molecular weight excluding hydrogens is 278 g/mol. The van der Waals surface area contributed by atoms with Gasteiger partial charge in [-0.1, -0.05) is 42.5 Å². The molecule has 0 bridgehead atoms. The van der Waals surface area contributed by atoms with Gasteiger partial charge in [0.25, 0.3) is 0 Å². The fourth-order valence-corrected chi connectivity index (χ4v) is 2.74. The first kappa shape index (κ1) is 14.8. The van der Waals surface area contributed by atoms with E-state index in [1.165, 1.54) is 0 Å². The van der Waals surface area contributed by atoms with Gasteiger partial charge in [0.05, 0.1) is 13.2 Å². The number of nitrogens with zero attached hydrogens (tertiary/aromatic N) is 1. The second-order valence-electron chi connectivity index (χ2n) is 5.40. The van der Waals surface area contributed by atoms with Crippen LogP contribution < -0.4 is 4.90 Å². The molecule has 1 N–H and O–H groups in total. The molecule has 1 fully saturated rings. The molecule has 0 aliphatic carbocycles. The lowest BCUT2D eigenvalue weighted by molar-refractivity contribution is -0.121. The number of aliphatic hydroxyl groups is 1. The van der Waals surface area contributed by atoms with Crippen LogP contribution in [-0.2, 0) is 15.1 Å². The van der Waals surface area contributed by atoms with Gasteiger partial charge < -0.3 is 14.7 Å².